The minimum atomic E-state index is -0.833. The van der Waals surface area contributed by atoms with Crippen LogP contribution in [0, 0.1) is 0 Å². The molecule has 10 nitrogen and oxygen atoms in total. The van der Waals surface area contributed by atoms with E-state index in [-0.39, 0.29) is 25.6 Å². The molecule has 0 unspecified atom stereocenters. The number of benzene rings is 2. The summed E-state index contributed by atoms with van der Waals surface area (Å²) < 4.78 is 5.60. The van der Waals surface area contributed by atoms with E-state index in [4.69, 9.17) is 22.1 Å². The largest absolute Gasteiger partial charge is 0.447 e. The molecule has 1 aliphatic heterocycles. The first-order chi connectivity index (χ1) is 17.9. The highest BCUT2D eigenvalue weighted by Gasteiger charge is 2.42. The second kappa shape index (κ2) is 12.1. The summed E-state index contributed by atoms with van der Waals surface area (Å²) in [5, 5.41) is 12.2. The molecule has 2 heterocycles. The highest BCUT2D eigenvalue weighted by atomic mass is 35.5. The number of piperidine rings is 1. The van der Waals surface area contributed by atoms with Crippen molar-refractivity contribution >= 4 is 46.5 Å². The first-order valence-corrected chi connectivity index (χ1v) is 12.9. The van der Waals surface area contributed by atoms with Gasteiger partial charge in [-0.2, -0.15) is 0 Å². The van der Waals surface area contributed by atoms with E-state index in [1.165, 1.54) is 11.3 Å². The van der Waals surface area contributed by atoms with Gasteiger partial charge in [-0.25, -0.2) is 4.79 Å². The van der Waals surface area contributed by atoms with Gasteiger partial charge in [0.2, 0.25) is 17.4 Å². The molecule has 12 heteroatoms. The van der Waals surface area contributed by atoms with Crippen LogP contribution in [0.4, 0.5) is 9.93 Å². The number of amides is 3. The molecular weight excluding hydrogens is 516 g/mol. The van der Waals surface area contributed by atoms with Crippen LogP contribution in [0.25, 0.3) is 10.6 Å². The van der Waals surface area contributed by atoms with E-state index in [9.17, 15) is 14.4 Å². The molecule has 4 rings (SSSR count). The van der Waals surface area contributed by atoms with Crippen LogP contribution in [0.15, 0.2) is 54.6 Å². The van der Waals surface area contributed by atoms with Crippen molar-refractivity contribution in [1.29, 1.82) is 0 Å². The second-order valence-corrected chi connectivity index (χ2v) is 10.00. The molecule has 3 amide bonds. The van der Waals surface area contributed by atoms with Crippen LogP contribution in [-0.4, -0.2) is 70.2 Å². The van der Waals surface area contributed by atoms with Gasteiger partial charge in [0, 0.05) is 30.2 Å². The number of nitrogens with two attached hydrogens (primary N) is 1. The maximum absolute atomic E-state index is 12.7. The predicted octanol–water partition coefficient (Wildman–Crippen LogP) is 3.39. The smallest absolute Gasteiger partial charge is 0.413 e. The fraction of sp³-hybridized carbons (Fsp3) is 0.320. The molecule has 1 aliphatic rings. The van der Waals surface area contributed by atoms with Crippen LogP contribution in [0.3, 0.4) is 0 Å². The van der Waals surface area contributed by atoms with E-state index in [2.05, 4.69) is 15.5 Å². The number of nitrogens with zero attached hydrogens (tertiary/aromatic N) is 4. The lowest BCUT2D eigenvalue weighted by molar-refractivity contribution is -0.137. The Balaban J connectivity index is 1.46. The first kappa shape index (κ1) is 26.5. The number of anilines is 1. The van der Waals surface area contributed by atoms with Crippen molar-refractivity contribution in [3.05, 3.63) is 65.2 Å². The van der Waals surface area contributed by atoms with E-state index >= 15 is 0 Å². The molecule has 0 radical (unpaired) electrons. The normalized spacial score (nSPS) is 14.6. The Hall–Kier alpha value is -3.54. The van der Waals surface area contributed by atoms with Gasteiger partial charge >= 0.3 is 6.09 Å². The summed E-state index contributed by atoms with van der Waals surface area (Å²) in [6.45, 7) is 0.831. The van der Waals surface area contributed by atoms with Crippen LogP contribution in [0.5, 0.6) is 0 Å². The number of nitrogens with one attached hydrogen (secondary N) is 1. The van der Waals surface area contributed by atoms with Crippen molar-refractivity contribution in [1.82, 2.24) is 20.0 Å². The zero-order valence-corrected chi connectivity index (χ0v) is 21.6. The third kappa shape index (κ3) is 6.43. The molecule has 0 saturated carbocycles. The van der Waals surface area contributed by atoms with Crippen molar-refractivity contribution in [2.45, 2.75) is 24.9 Å². The summed E-state index contributed by atoms with van der Waals surface area (Å²) in [5.74, 6) is -0.165. The fourth-order valence-corrected chi connectivity index (χ4v) is 5.17. The molecule has 3 aromatic rings. The maximum atomic E-state index is 12.7. The average Bonchev–Trinajstić information content (AvgIpc) is 3.40. The Morgan fingerprint density at radius 3 is 2.51 bits per heavy atom. The Kier molecular flexibility index (Phi) is 8.70. The minimum absolute atomic E-state index is 0.0724. The standard InChI is InChI=1S/C25H27ClN6O4S/c26-20-9-5-4-8-19(20)15-32(17-33)25(10-12-31(13-11-25)21(34)14-27)16-36-24(35)28-23-30-29-22(37-23)18-6-2-1-3-7-18/h1-9,17H,10-16,27H2,(H,28,30,35). The fourth-order valence-electron chi connectivity index (χ4n) is 4.24. The predicted molar refractivity (Wildman–Crippen MR) is 141 cm³/mol. The minimum Gasteiger partial charge on any atom is -0.447 e. The van der Waals surface area contributed by atoms with Gasteiger partial charge in [0.15, 0.2) is 0 Å². The quantitative estimate of drug-likeness (QED) is 0.396. The topological polar surface area (TPSA) is 131 Å². The SMILES string of the molecule is NCC(=O)N1CCC(COC(=O)Nc2nnc(-c3ccccc3)s2)(N(C=O)Cc2ccccc2Cl)CC1. The maximum Gasteiger partial charge on any atom is 0.413 e. The highest BCUT2D eigenvalue weighted by Crippen LogP contribution is 2.32. The monoisotopic (exact) mass is 542 g/mol. The van der Waals surface area contributed by atoms with E-state index in [1.54, 1.807) is 15.9 Å². The number of hydrogen-bond donors (Lipinski definition) is 2. The van der Waals surface area contributed by atoms with Crippen molar-refractivity contribution in [3.8, 4) is 10.6 Å². The molecule has 0 aliphatic carbocycles. The summed E-state index contributed by atoms with van der Waals surface area (Å²) in [6.07, 6.45) is 0.847. The van der Waals surface area contributed by atoms with Gasteiger partial charge in [-0.05, 0) is 24.5 Å². The summed E-state index contributed by atoms with van der Waals surface area (Å²) in [6, 6.07) is 16.8. The number of rotatable bonds is 9. The Labute approximate surface area is 223 Å². The number of hydrogen-bond acceptors (Lipinski definition) is 8. The molecule has 3 N–H and O–H groups in total. The Bertz CT molecular complexity index is 1230. The van der Waals surface area contributed by atoms with Crippen molar-refractivity contribution in [3.63, 3.8) is 0 Å². The van der Waals surface area contributed by atoms with Gasteiger partial charge in [0.05, 0.1) is 12.1 Å². The number of halogens is 1. The number of carbonyl (C=O) groups is 3. The van der Waals surface area contributed by atoms with E-state index in [0.717, 1.165) is 17.5 Å². The van der Waals surface area contributed by atoms with Gasteiger partial charge in [-0.15, -0.1) is 10.2 Å². The highest BCUT2D eigenvalue weighted by molar-refractivity contribution is 7.18. The third-order valence-corrected chi connectivity index (χ3v) is 7.64. The number of likely N-dealkylation sites (tertiary alicyclic amines) is 1. The summed E-state index contributed by atoms with van der Waals surface area (Å²) >= 11 is 7.56. The van der Waals surface area contributed by atoms with E-state index in [0.29, 0.717) is 41.1 Å². The molecule has 37 heavy (non-hydrogen) atoms. The van der Waals surface area contributed by atoms with Crippen LogP contribution in [0.2, 0.25) is 5.02 Å². The molecule has 1 saturated heterocycles. The molecule has 1 aromatic heterocycles. The Morgan fingerprint density at radius 2 is 1.84 bits per heavy atom. The van der Waals surface area contributed by atoms with Gasteiger partial charge in [0.25, 0.3) is 0 Å². The van der Waals surface area contributed by atoms with Crippen LogP contribution < -0.4 is 11.1 Å². The molecule has 2 aromatic carbocycles. The lowest BCUT2D eigenvalue weighted by atomic mass is 9.86. The molecule has 0 spiro atoms. The number of ether oxygens (including phenoxy) is 1. The lowest BCUT2D eigenvalue weighted by Crippen LogP contribution is -2.59. The van der Waals surface area contributed by atoms with Crippen molar-refractivity contribution in [2.75, 3.05) is 31.6 Å². The Morgan fingerprint density at radius 1 is 1.14 bits per heavy atom. The zero-order chi connectivity index (χ0) is 26.3. The third-order valence-electron chi connectivity index (χ3n) is 6.38. The van der Waals surface area contributed by atoms with Crippen LogP contribution in [-0.2, 0) is 20.9 Å². The summed E-state index contributed by atoms with van der Waals surface area (Å²) in [7, 11) is 0. The van der Waals surface area contributed by atoms with Gasteiger partial charge in [0.1, 0.15) is 11.6 Å². The van der Waals surface area contributed by atoms with Crippen LogP contribution in [0.1, 0.15) is 18.4 Å². The number of aromatic nitrogens is 2. The second-order valence-electron chi connectivity index (χ2n) is 8.61. The van der Waals surface area contributed by atoms with E-state index in [1.807, 2.05) is 48.5 Å². The summed E-state index contributed by atoms with van der Waals surface area (Å²) in [5.41, 5.74) is 6.35. The van der Waals surface area contributed by atoms with Crippen LogP contribution >= 0.6 is 22.9 Å². The van der Waals surface area contributed by atoms with Crippen molar-refractivity contribution in [2.24, 2.45) is 5.73 Å². The average molecular weight is 543 g/mol. The molecule has 0 bridgehead atoms. The number of carbonyl (C=O) groups excluding carboxylic acids is 3. The van der Waals surface area contributed by atoms with E-state index < -0.39 is 11.6 Å². The van der Waals surface area contributed by atoms with Crippen molar-refractivity contribution < 1.29 is 19.1 Å². The molecular formula is C25H27ClN6O4S. The van der Waals surface area contributed by atoms with Gasteiger partial charge in [-0.1, -0.05) is 71.5 Å². The zero-order valence-electron chi connectivity index (χ0n) is 20.0. The molecule has 0 atom stereocenters. The lowest BCUT2D eigenvalue weighted by Gasteiger charge is -2.46. The molecule has 194 valence electrons. The first-order valence-electron chi connectivity index (χ1n) is 11.7. The van der Waals surface area contributed by atoms with Gasteiger partial charge < -0.3 is 20.3 Å². The molecule has 1 fully saturated rings. The van der Waals surface area contributed by atoms with Gasteiger partial charge in [-0.3, -0.25) is 14.9 Å². The summed E-state index contributed by atoms with van der Waals surface area (Å²) in [4.78, 5) is 40.3.